The summed E-state index contributed by atoms with van der Waals surface area (Å²) in [6, 6.07) is 0.549. The molecule has 0 aliphatic carbocycles. The van der Waals surface area contributed by atoms with Gasteiger partial charge in [-0.05, 0) is 27.3 Å². The Kier molecular flexibility index (Phi) is 4.56. The smallest absolute Gasteiger partial charge is 0.223 e. The number of hydrogen-bond donors (Lipinski definition) is 0. The van der Waals surface area contributed by atoms with Gasteiger partial charge in [0.15, 0.2) is 5.82 Å². The average Bonchev–Trinajstić information content (AvgIpc) is 3.13. The number of aryl methyl sites for hydroxylation is 3. The molecule has 1 saturated heterocycles. The molecule has 0 radical (unpaired) electrons. The van der Waals surface area contributed by atoms with Gasteiger partial charge in [-0.15, -0.1) is 11.3 Å². The summed E-state index contributed by atoms with van der Waals surface area (Å²) in [5.74, 6) is 1.40. The van der Waals surface area contributed by atoms with Crippen LogP contribution < -0.4 is 0 Å². The summed E-state index contributed by atoms with van der Waals surface area (Å²) in [4.78, 5) is 15.0. The molecule has 2 aromatic rings. The second-order valence-corrected chi connectivity index (χ2v) is 7.35. The van der Waals surface area contributed by atoms with Crippen LogP contribution in [0.2, 0.25) is 0 Å². The van der Waals surface area contributed by atoms with Crippen LogP contribution in [0.25, 0.3) is 0 Å². The van der Waals surface area contributed by atoms with Crippen LogP contribution in [-0.2, 0) is 13.1 Å². The zero-order valence-corrected chi connectivity index (χ0v) is 14.5. The quantitative estimate of drug-likeness (QED) is 0.841. The van der Waals surface area contributed by atoms with E-state index < -0.39 is 0 Å². The maximum absolute atomic E-state index is 5.04. The van der Waals surface area contributed by atoms with Gasteiger partial charge < -0.3 is 4.52 Å². The lowest BCUT2D eigenvalue weighted by molar-refractivity contribution is 0.216. The number of aromatic nitrogens is 3. The Morgan fingerprint density at radius 1 is 1.32 bits per heavy atom. The minimum absolute atomic E-state index is 0.549. The first-order valence-electron chi connectivity index (χ1n) is 7.66. The Balaban J connectivity index is 1.54. The summed E-state index contributed by atoms with van der Waals surface area (Å²) in [6.45, 7) is 10.00. The number of nitrogens with zero attached hydrogens (tertiary/aromatic N) is 5. The lowest BCUT2D eigenvalue weighted by atomic mass is 10.2. The van der Waals surface area contributed by atoms with E-state index in [0.29, 0.717) is 11.9 Å². The molecule has 1 atom stereocenters. The van der Waals surface area contributed by atoms with E-state index in [1.165, 1.54) is 17.0 Å². The largest absolute Gasteiger partial charge is 0.340 e. The molecule has 1 fully saturated rings. The normalized spacial score (nSPS) is 19.4. The fourth-order valence-electron chi connectivity index (χ4n) is 3.00. The van der Waals surface area contributed by atoms with Crippen LogP contribution in [0.15, 0.2) is 4.52 Å². The van der Waals surface area contributed by atoms with Crippen LogP contribution in [-0.4, -0.2) is 51.1 Å². The summed E-state index contributed by atoms with van der Waals surface area (Å²) in [6.07, 6.45) is 1.18. The molecule has 0 saturated carbocycles. The summed E-state index contributed by atoms with van der Waals surface area (Å²) < 4.78 is 5.04. The number of thiazole rings is 1. The molecule has 7 heteroatoms. The van der Waals surface area contributed by atoms with Crippen LogP contribution in [0.1, 0.15) is 33.7 Å². The average molecular weight is 321 g/mol. The SMILES string of the molecule is Cc1nc(CN(C)C2CCN(Cc3sc(C)nc3C)C2)no1. The summed E-state index contributed by atoms with van der Waals surface area (Å²) in [7, 11) is 2.14. The second kappa shape index (κ2) is 6.44. The van der Waals surface area contributed by atoms with Gasteiger partial charge in [0.1, 0.15) is 0 Å². The Bertz CT molecular complexity index is 638. The van der Waals surface area contributed by atoms with Crippen molar-refractivity contribution in [3.63, 3.8) is 0 Å². The van der Waals surface area contributed by atoms with Crippen LogP contribution in [0.4, 0.5) is 0 Å². The van der Waals surface area contributed by atoms with E-state index in [1.807, 2.05) is 18.3 Å². The number of hydrogen-bond acceptors (Lipinski definition) is 7. The van der Waals surface area contributed by atoms with Gasteiger partial charge in [-0.1, -0.05) is 5.16 Å². The fraction of sp³-hybridized carbons (Fsp3) is 0.667. The highest BCUT2D eigenvalue weighted by Gasteiger charge is 2.27. The third-order valence-electron chi connectivity index (χ3n) is 4.20. The van der Waals surface area contributed by atoms with E-state index >= 15 is 0 Å². The molecule has 0 spiro atoms. The lowest BCUT2D eigenvalue weighted by Crippen LogP contribution is -2.34. The Morgan fingerprint density at radius 3 is 2.77 bits per heavy atom. The van der Waals surface area contributed by atoms with Gasteiger partial charge in [-0.25, -0.2) is 4.98 Å². The monoisotopic (exact) mass is 321 g/mol. The molecule has 3 heterocycles. The van der Waals surface area contributed by atoms with Gasteiger partial charge >= 0.3 is 0 Å². The molecular weight excluding hydrogens is 298 g/mol. The molecule has 3 rings (SSSR count). The molecule has 0 aromatic carbocycles. The summed E-state index contributed by atoms with van der Waals surface area (Å²) in [5, 5.41) is 5.14. The van der Waals surface area contributed by atoms with Crippen molar-refractivity contribution in [2.45, 2.75) is 46.3 Å². The van der Waals surface area contributed by atoms with E-state index in [0.717, 1.165) is 37.0 Å². The maximum atomic E-state index is 5.04. The molecule has 1 unspecified atom stereocenters. The molecule has 1 aliphatic heterocycles. The third-order valence-corrected chi connectivity index (χ3v) is 5.26. The first-order chi connectivity index (χ1) is 10.5. The highest BCUT2D eigenvalue weighted by Crippen LogP contribution is 2.23. The van der Waals surface area contributed by atoms with Gasteiger partial charge in [-0.2, -0.15) is 4.98 Å². The molecule has 0 bridgehead atoms. The van der Waals surface area contributed by atoms with Gasteiger partial charge in [0.05, 0.1) is 17.2 Å². The van der Waals surface area contributed by atoms with Crippen molar-refractivity contribution < 1.29 is 4.52 Å². The number of likely N-dealkylation sites (N-methyl/N-ethyl adjacent to an activating group) is 1. The molecule has 2 aromatic heterocycles. The maximum Gasteiger partial charge on any atom is 0.223 e. The third kappa shape index (κ3) is 3.53. The van der Waals surface area contributed by atoms with Gasteiger partial charge in [0.2, 0.25) is 5.89 Å². The Morgan fingerprint density at radius 2 is 2.14 bits per heavy atom. The van der Waals surface area contributed by atoms with Crippen molar-refractivity contribution in [3.8, 4) is 0 Å². The highest BCUT2D eigenvalue weighted by molar-refractivity contribution is 7.11. The van der Waals surface area contributed by atoms with Crippen molar-refractivity contribution in [3.05, 3.63) is 27.3 Å². The predicted molar refractivity (Wildman–Crippen MR) is 85.8 cm³/mol. The fourth-order valence-corrected chi connectivity index (χ4v) is 3.98. The van der Waals surface area contributed by atoms with Crippen molar-refractivity contribution >= 4 is 11.3 Å². The van der Waals surface area contributed by atoms with Crippen molar-refractivity contribution in [2.75, 3.05) is 20.1 Å². The first kappa shape index (κ1) is 15.6. The molecule has 0 N–H and O–H groups in total. The first-order valence-corrected chi connectivity index (χ1v) is 8.47. The highest BCUT2D eigenvalue weighted by atomic mass is 32.1. The van der Waals surface area contributed by atoms with Crippen LogP contribution >= 0.6 is 11.3 Å². The minimum Gasteiger partial charge on any atom is -0.340 e. The van der Waals surface area contributed by atoms with Crippen molar-refractivity contribution in [1.29, 1.82) is 0 Å². The van der Waals surface area contributed by atoms with E-state index in [-0.39, 0.29) is 0 Å². The zero-order chi connectivity index (χ0) is 15.7. The van der Waals surface area contributed by atoms with Crippen LogP contribution in [0.3, 0.4) is 0 Å². The van der Waals surface area contributed by atoms with Gasteiger partial charge in [0.25, 0.3) is 0 Å². The Hall–Kier alpha value is -1.31. The number of rotatable bonds is 5. The van der Waals surface area contributed by atoms with E-state index in [4.69, 9.17) is 4.52 Å². The van der Waals surface area contributed by atoms with Crippen LogP contribution in [0.5, 0.6) is 0 Å². The van der Waals surface area contributed by atoms with Crippen molar-refractivity contribution in [1.82, 2.24) is 24.9 Å². The van der Waals surface area contributed by atoms with Gasteiger partial charge in [-0.3, -0.25) is 9.80 Å². The topological polar surface area (TPSA) is 58.3 Å². The van der Waals surface area contributed by atoms with E-state index in [9.17, 15) is 0 Å². The Labute approximate surface area is 135 Å². The summed E-state index contributed by atoms with van der Waals surface area (Å²) >= 11 is 1.82. The molecule has 22 heavy (non-hydrogen) atoms. The standard InChI is InChI=1S/C15H23N5OS/c1-10-14(22-12(3)16-10)8-20-6-5-13(7-20)19(4)9-15-17-11(2)21-18-15/h13H,5-9H2,1-4H3. The van der Waals surface area contributed by atoms with E-state index in [1.54, 1.807) is 0 Å². The summed E-state index contributed by atoms with van der Waals surface area (Å²) in [5.41, 5.74) is 1.18. The zero-order valence-electron chi connectivity index (χ0n) is 13.7. The van der Waals surface area contributed by atoms with E-state index in [2.05, 4.69) is 45.8 Å². The minimum atomic E-state index is 0.549. The van der Waals surface area contributed by atoms with Gasteiger partial charge in [0, 0.05) is 37.5 Å². The molecule has 6 nitrogen and oxygen atoms in total. The second-order valence-electron chi connectivity index (χ2n) is 6.06. The lowest BCUT2D eigenvalue weighted by Gasteiger charge is -2.23. The molecule has 0 amide bonds. The number of likely N-dealkylation sites (tertiary alicyclic amines) is 1. The molecule has 1 aliphatic rings. The van der Waals surface area contributed by atoms with Crippen molar-refractivity contribution in [2.24, 2.45) is 0 Å². The van der Waals surface area contributed by atoms with Crippen LogP contribution in [0, 0.1) is 20.8 Å². The molecular formula is C15H23N5OS. The molecule has 120 valence electrons. The predicted octanol–water partition coefficient (Wildman–Crippen LogP) is 2.16.